The molecule has 1 unspecified atom stereocenters. The molecule has 0 saturated carbocycles. The van der Waals surface area contributed by atoms with Gasteiger partial charge in [0.1, 0.15) is 11.2 Å². The van der Waals surface area contributed by atoms with Gasteiger partial charge < -0.3 is 44.2 Å². The topological polar surface area (TPSA) is 135 Å². The SMILES string of the molecule is CCCCCc1cc2c(C(COCCOCCOCCOCCOCCOCCN(C)CCCCC)(C(=O)O)c3c(F)c(F)cc(F)c3F)cccc2nc1N. The molecule has 0 bridgehead atoms. The van der Waals surface area contributed by atoms with Crippen LogP contribution in [0, 0.1) is 23.3 Å². The number of pyridine rings is 1. The van der Waals surface area contributed by atoms with E-state index in [0.717, 1.165) is 32.4 Å². The maximum Gasteiger partial charge on any atom is 0.321 e. The molecule has 0 aliphatic rings. The second-order valence-electron chi connectivity index (χ2n) is 13.5. The van der Waals surface area contributed by atoms with Gasteiger partial charge >= 0.3 is 5.97 Å². The number of benzene rings is 2. The number of fused-ring (bicyclic) bond motifs is 1. The van der Waals surface area contributed by atoms with E-state index >= 15 is 8.78 Å². The van der Waals surface area contributed by atoms with Crippen LogP contribution in [0.3, 0.4) is 0 Å². The number of nitrogens with two attached hydrogens (primary N) is 1. The highest BCUT2D eigenvalue weighted by molar-refractivity contribution is 5.95. The first-order valence-corrected chi connectivity index (χ1v) is 19.5. The number of aryl methyl sites for hydroxylation is 1. The van der Waals surface area contributed by atoms with E-state index in [0.29, 0.717) is 58.2 Å². The molecule has 0 fully saturated rings. The summed E-state index contributed by atoms with van der Waals surface area (Å²) in [5, 5.41) is 10.9. The molecule has 56 heavy (non-hydrogen) atoms. The Balaban J connectivity index is 1.48. The molecule has 15 heteroatoms. The van der Waals surface area contributed by atoms with E-state index < -0.39 is 46.8 Å². The van der Waals surface area contributed by atoms with Gasteiger partial charge in [0.05, 0.1) is 90.4 Å². The Bertz CT molecular complexity index is 1590. The number of carbonyl (C=O) groups is 1. The second-order valence-corrected chi connectivity index (χ2v) is 13.5. The molecule has 3 aromatic rings. The molecule has 0 amide bonds. The van der Waals surface area contributed by atoms with Gasteiger partial charge in [-0.25, -0.2) is 22.5 Å². The summed E-state index contributed by atoms with van der Waals surface area (Å²) in [7, 11) is 2.10. The van der Waals surface area contributed by atoms with Crippen molar-refractivity contribution in [1.82, 2.24) is 9.88 Å². The number of unbranched alkanes of at least 4 members (excludes halogenated alkanes) is 4. The molecule has 0 spiro atoms. The number of aliphatic carboxylic acids is 1. The van der Waals surface area contributed by atoms with Crippen molar-refractivity contribution in [2.24, 2.45) is 0 Å². The number of likely N-dealkylation sites (N-methyl/N-ethyl adjacent to an activating group) is 1. The minimum atomic E-state index is -2.73. The number of ether oxygens (including phenoxy) is 6. The summed E-state index contributed by atoms with van der Waals surface area (Å²) in [5.74, 6) is -8.76. The minimum Gasteiger partial charge on any atom is -0.480 e. The van der Waals surface area contributed by atoms with Crippen LogP contribution in [-0.2, 0) is 45.1 Å². The van der Waals surface area contributed by atoms with Crippen LogP contribution < -0.4 is 5.73 Å². The van der Waals surface area contributed by atoms with Crippen LogP contribution in [0.2, 0.25) is 0 Å². The first-order chi connectivity index (χ1) is 27.1. The zero-order valence-corrected chi connectivity index (χ0v) is 33.0. The number of hydrogen-bond donors (Lipinski definition) is 2. The number of nitrogens with zero attached hydrogens (tertiary/aromatic N) is 2. The molecule has 314 valence electrons. The van der Waals surface area contributed by atoms with Crippen molar-refractivity contribution in [2.45, 2.75) is 64.2 Å². The number of halogens is 4. The zero-order valence-electron chi connectivity index (χ0n) is 33.0. The highest BCUT2D eigenvalue weighted by Gasteiger charge is 2.49. The predicted molar refractivity (Wildman–Crippen MR) is 206 cm³/mol. The summed E-state index contributed by atoms with van der Waals surface area (Å²) >= 11 is 0. The van der Waals surface area contributed by atoms with Crippen molar-refractivity contribution < 1.29 is 55.9 Å². The normalized spacial score (nSPS) is 12.9. The number of carboxylic acids is 1. The number of hydrogen-bond acceptors (Lipinski definition) is 10. The molecule has 3 rings (SSSR count). The molecule has 1 heterocycles. The van der Waals surface area contributed by atoms with Crippen LogP contribution in [-0.4, -0.2) is 120 Å². The van der Waals surface area contributed by atoms with Gasteiger partial charge in [-0.15, -0.1) is 0 Å². The lowest BCUT2D eigenvalue weighted by molar-refractivity contribution is -0.145. The minimum absolute atomic E-state index is 0.0320. The van der Waals surface area contributed by atoms with Crippen molar-refractivity contribution in [3.63, 3.8) is 0 Å². The number of aromatic nitrogens is 1. The van der Waals surface area contributed by atoms with Crippen molar-refractivity contribution >= 4 is 22.7 Å². The van der Waals surface area contributed by atoms with Crippen LogP contribution in [0.1, 0.15) is 69.1 Å². The van der Waals surface area contributed by atoms with Crippen LogP contribution in [0.5, 0.6) is 0 Å². The van der Waals surface area contributed by atoms with Crippen LogP contribution >= 0.6 is 0 Å². The lowest BCUT2D eigenvalue weighted by atomic mass is 9.72. The van der Waals surface area contributed by atoms with E-state index in [1.807, 2.05) is 6.92 Å². The van der Waals surface area contributed by atoms with Gasteiger partial charge in [-0.2, -0.15) is 0 Å². The number of rotatable bonds is 31. The summed E-state index contributed by atoms with van der Waals surface area (Å²) in [6.07, 6.45) is 6.78. The van der Waals surface area contributed by atoms with Gasteiger partial charge in [0.15, 0.2) is 23.3 Å². The fraction of sp³-hybridized carbons (Fsp3) is 0.610. The summed E-state index contributed by atoms with van der Waals surface area (Å²) in [4.78, 5) is 19.9. The van der Waals surface area contributed by atoms with Gasteiger partial charge in [-0.05, 0) is 56.1 Å². The Kier molecular flexibility index (Phi) is 21.6. The Morgan fingerprint density at radius 1 is 0.732 bits per heavy atom. The number of carboxylic acid groups (broad SMARTS) is 1. The lowest BCUT2D eigenvalue weighted by Crippen LogP contribution is -2.44. The van der Waals surface area contributed by atoms with Crippen LogP contribution in [0.15, 0.2) is 30.3 Å². The number of anilines is 1. The molecule has 11 nitrogen and oxygen atoms in total. The number of nitrogen functional groups attached to an aromatic ring is 1. The molecular weight excluding hydrogens is 738 g/mol. The van der Waals surface area contributed by atoms with Crippen molar-refractivity contribution in [3.8, 4) is 0 Å². The molecule has 0 saturated heterocycles. The van der Waals surface area contributed by atoms with Crippen LogP contribution in [0.4, 0.5) is 23.4 Å². The summed E-state index contributed by atoms with van der Waals surface area (Å²) in [5.41, 5.74) is 2.81. The molecule has 0 aliphatic heterocycles. The Morgan fingerprint density at radius 2 is 1.25 bits per heavy atom. The largest absolute Gasteiger partial charge is 0.480 e. The third kappa shape index (κ3) is 14.2. The predicted octanol–water partition coefficient (Wildman–Crippen LogP) is 6.70. The standard InChI is InChI=1S/C41H59F4N3O8/c1-4-6-8-11-30-27-31-32(12-10-13-35(31)47-39(30)46)41(40(49)50,36-37(44)33(42)28-34(43)38(36)45)29-56-26-25-55-24-23-54-22-21-53-20-19-52-18-17-51-16-15-48(3)14-9-7-5-2/h10,12-13,27-28H,4-9,11,14-26,29H2,1-3H3,(H2,46,47)(H,49,50). The average Bonchev–Trinajstić information content (AvgIpc) is 3.17. The zero-order chi connectivity index (χ0) is 40.8. The summed E-state index contributed by atoms with van der Waals surface area (Å²) < 4.78 is 93.7. The first kappa shape index (κ1) is 46.9. The highest BCUT2D eigenvalue weighted by atomic mass is 19.2. The van der Waals surface area contributed by atoms with E-state index in [1.54, 1.807) is 12.1 Å². The van der Waals surface area contributed by atoms with Gasteiger partial charge in [0.2, 0.25) is 0 Å². The third-order valence-corrected chi connectivity index (χ3v) is 9.32. The average molecular weight is 798 g/mol. The molecule has 0 radical (unpaired) electrons. The molecule has 1 aromatic heterocycles. The van der Waals surface area contributed by atoms with Gasteiger partial charge in [0, 0.05) is 18.0 Å². The molecule has 2 aromatic carbocycles. The highest BCUT2D eigenvalue weighted by Crippen LogP contribution is 2.42. The van der Waals surface area contributed by atoms with E-state index in [4.69, 9.17) is 34.2 Å². The van der Waals surface area contributed by atoms with Gasteiger partial charge in [0.25, 0.3) is 0 Å². The lowest BCUT2D eigenvalue weighted by Gasteiger charge is -2.32. The van der Waals surface area contributed by atoms with Crippen molar-refractivity contribution in [2.75, 3.05) is 105 Å². The summed E-state index contributed by atoms with van der Waals surface area (Å²) in [6.45, 7) is 8.68. The molecule has 3 N–H and O–H groups in total. The Morgan fingerprint density at radius 3 is 1.79 bits per heavy atom. The Labute approximate surface area is 327 Å². The molecular formula is C41H59F4N3O8. The fourth-order valence-electron chi connectivity index (χ4n) is 6.19. The van der Waals surface area contributed by atoms with E-state index in [9.17, 15) is 18.7 Å². The maximum atomic E-state index is 15.5. The van der Waals surface area contributed by atoms with E-state index in [1.165, 1.54) is 31.4 Å². The quantitative estimate of drug-likeness (QED) is 0.0410. The van der Waals surface area contributed by atoms with Crippen molar-refractivity contribution in [1.29, 1.82) is 0 Å². The van der Waals surface area contributed by atoms with E-state index in [2.05, 4.69) is 23.9 Å². The van der Waals surface area contributed by atoms with Gasteiger partial charge in [-0.3, -0.25) is 4.79 Å². The smallest absolute Gasteiger partial charge is 0.321 e. The van der Waals surface area contributed by atoms with Crippen molar-refractivity contribution in [3.05, 3.63) is 70.3 Å². The fourth-order valence-corrected chi connectivity index (χ4v) is 6.19. The monoisotopic (exact) mass is 797 g/mol. The summed E-state index contributed by atoms with van der Waals surface area (Å²) in [6, 6.07) is 5.96. The molecule has 1 atom stereocenters. The second kappa shape index (κ2) is 25.7. The molecule has 0 aliphatic carbocycles. The maximum absolute atomic E-state index is 15.5. The van der Waals surface area contributed by atoms with E-state index in [-0.39, 0.29) is 54.8 Å². The Hall–Kier alpha value is -3.44. The van der Waals surface area contributed by atoms with Crippen LogP contribution in [0.25, 0.3) is 10.9 Å². The first-order valence-electron chi connectivity index (χ1n) is 19.5. The van der Waals surface area contributed by atoms with Gasteiger partial charge in [-0.1, -0.05) is 51.7 Å². The third-order valence-electron chi connectivity index (χ3n) is 9.32.